The lowest BCUT2D eigenvalue weighted by atomic mass is 9.98. The number of rotatable bonds is 3. The lowest BCUT2D eigenvalue weighted by Crippen LogP contribution is -2.62. The summed E-state index contributed by atoms with van der Waals surface area (Å²) < 4.78 is 10.3. The van der Waals surface area contributed by atoms with Gasteiger partial charge in [-0.3, -0.25) is 9.63 Å². The van der Waals surface area contributed by atoms with Crippen LogP contribution in [0, 0.1) is 0 Å². The number of carbonyl (C=O) groups is 1. The highest BCUT2D eigenvalue weighted by atomic mass is 16.8. The summed E-state index contributed by atoms with van der Waals surface area (Å²) >= 11 is 0. The van der Waals surface area contributed by atoms with Crippen molar-refractivity contribution in [3.05, 3.63) is 0 Å². The second-order valence-corrected chi connectivity index (χ2v) is 3.83. The van der Waals surface area contributed by atoms with Crippen molar-refractivity contribution >= 4 is 5.91 Å². The molecule has 0 aliphatic carbocycles. The number of aliphatic hydroxyl groups excluding tert-OH is 2. The maximum atomic E-state index is 11.0. The summed E-state index contributed by atoms with van der Waals surface area (Å²) in [6.45, 7) is 0.905. The molecular weight excluding hydrogens is 220 g/mol. The van der Waals surface area contributed by atoms with Gasteiger partial charge >= 0.3 is 0 Å². The Labute approximate surface area is 91.2 Å². The number of ether oxygens (including phenoxy) is 2. The lowest BCUT2D eigenvalue weighted by Gasteiger charge is -2.34. The molecule has 0 radical (unpaired) electrons. The number of aliphatic hydroxyl groups is 2. The molecule has 0 bridgehead atoms. The van der Waals surface area contributed by atoms with Crippen molar-refractivity contribution in [3.8, 4) is 0 Å². The molecule has 2 aliphatic heterocycles. The molecule has 8 heteroatoms. The van der Waals surface area contributed by atoms with Crippen molar-refractivity contribution in [2.45, 2.75) is 37.3 Å². The second kappa shape index (κ2) is 3.91. The topological polar surface area (TPSA) is 127 Å². The first kappa shape index (κ1) is 11.7. The van der Waals surface area contributed by atoms with E-state index in [2.05, 4.69) is 10.2 Å². The Balaban J connectivity index is 2.16. The van der Waals surface area contributed by atoms with E-state index in [1.165, 1.54) is 6.92 Å². The Kier molecular flexibility index (Phi) is 2.86. The summed E-state index contributed by atoms with van der Waals surface area (Å²) in [6.07, 6.45) is -3.76. The predicted octanol–water partition coefficient (Wildman–Crippen LogP) is -2.81. The maximum absolute atomic E-state index is 11.0. The van der Waals surface area contributed by atoms with Gasteiger partial charge in [0.15, 0.2) is 6.10 Å². The fraction of sp³-hybridized carbons (Fsp3) is 0.875. The fourth-order valence-corrected chi connectivity index (χ4v) is 1.93. The van der Waals surface area contributed by atoms with E-state index >= 15 is 0 Å². The molecule has 0 aromatic heterocycles. The SMILES string of the molecule is CC(=O)N[C@@]12OC1O[C@H](CO)[C@@H](O)[C@@H]2ON. The number of carbonyl (C=O) groups excluding carboxylic acids is 1. The molecule has 2 saturated heterocycles. The molecule has 5 atom stereocenters. The third kappa shape index (κ3) is 1.59. The van der Waals surface area contributed by atoms with Crippen molar-refractivity contribution < 1.29 is 29.3 Å². The van der Waals surface area contributed by atoms with Gasteiger partial charge in [-0.1, -0.05) is 0 Å². The zero-order chi connectivity index (χ0) is 11.9. The number of epoxide rings is 1. The van der Waals surface area contributed by atoms with Crippen LogP contribution in [-0.2, 0) is 19.1 Å². The van der Waals surface area contributed by atoms with Gasteiger partial charge in [0.1, 0.15) is 12.2 Å². The van der Waals surface area contributed by atoms with Crippen molar-refractivity contribution in [3.63, 3.8) is 0 Å². The van der Waals surface area contributed by atoms with Crippen LogP contribution in [0.4, 0.5) is 0 Å². The molecular formula is C8H14N2O6. The minimum Gasteiger partial charge on any atom is -0.394 e. The van der Waals surface area contributed by atoms with Crippen LogP contribution in [-0.4, -0.2) is 53.1 Å². The Morgan fingerprint density at radius 1 is 1.69 bits per heavy atom. The van der Waals surface area contributed by atoms with Crippen LogP contribution in [0.15, 0.2) is 0 Å². The van der Waals surface area contributed by atoms with E-state index in [4.69, 9.17) is 20.5 Å². The minimum atomic E-state index is -1.24. The summed E-state index contributed by atoms with van der Waals surface area (Å²) in [5.41, 5.74) is -1.24. The number of nitrogens with one attached hydrogen (secondary N) is 1. The van der Waals surface area contributed by atoms with Gasteiger partial charge in [-0.25, -0.2) is 5.90 Å². The van der Waals surface area contributed by atoms with Crippen molar-refractivity contribution in [2.75, 3.05) is 6.61 Å². The van der Waals surface area contributed by atoms with Crippen LogP contribution in [0.3, 0.4) is 0 Å². The first-order valence-corrected chi connectivity index (χ1v) is 4.81. The van der Waals surface area contributed by atoms with Crippen LogP contribution in [0.5, 0.6) is 0 Å². The quantitative estimate of drug-likeness (QED) is 0.306. The van der Waals surface area contributed by atoms with Gasteiger partial charge in [0, 0.05) is 6.92 Å². The van der Waals surface area contributed by atoms with Crippen LogP contribution >= 0.6 is 0 Å². The molecule has 1 unspecified atom stereocenters. The fourth-order valence-electron chi connectivity index (χ4n) is 1.93. The van der Waals surface area contributed by atoms with Crippen LogP contribution < -0.4 is 11.2 Å². The van der Waals surface area contributed by atoms with Gasteiger partial charge in [0.05, 0.1) is 6.61 Å². The number of hydrogen-bond acceptors (Lipinski definition) is 7. The van der Waals surface area contributed by atoms with Gasteiger partial charge in [-0.05, 0) is 0 Å². The Hall–Kier alpha value is -0.770. The monoisotopic (exact) mass is 234 g/mol. The third-order valence-corrected chi connectivity index (χ3v) is 2.71. The van der Waals surface area contributed by atoms with E-state index in [0.717, 1.165) is 0 Å². The average Bonchev–Trinajstić information content (AvgIpc) is 2.89. The predicted molar refractivity (Wildman–Crippen MR) is 48.4 cm³/mol. The van der Waals surface area contributed by atoms with E-state index in [-0.39, 0.29) is 5.91 Å². The summed E-state index contributed by atoms with van der Waals surface area (Å²) in [4.78, 5) is 15.6. The van der Waals surface area contributed by atoms with E-state index in [1.807, 2.05) is 0 Å². The molecule has 8 nitrogen and oxygen atoms in total. The van der Waals surface area contributed by atoms with Crippen LogP contribution in [0.25, 0.3) is 0 Å². The summed E-state index contributed by atoms with van der Waals surface area (Å²) in [7, 11) is 0. The highest BCUT2D eigenvalue weighted by Crippen LogP contribution is 2.45. The van der Waals surface area contributed by atoms with Gasteiger partial charge < -0.3 is 25.0 Å². The number of fused-ring (bicyclic) bond motifs is 1. The smallest absolute Gasteiger partial charge is 0.226 e. The Bertz CT molecular complexity index is 300. The van der Waals surface area contributed by atoms with E-state index in [1.54, 1.807) is 0 Å². The van der Waals surface area contributed by atoms with E-state index in [0.29, 0.717) is 0 Å². The largest absolute Gasteiger partial charge is 0.394 e. The van der Waals surface area contributed by atoms with Gasteiger partial charge in [-0.15, -0.1) is 0 Å². The summed E-state index contributed by atoms with van der Waals surface area (Å²) in [6, 6.07) is 0. The summed E-state index contributed by atoms with van der Waals surface area (Å²) in [5.74, 6) is 4.70. The van der Waals surface area contributed by atoms with E-state index in [9.17, 15) is 9.90 Å². The first-order chi connectivity index (χ1) is 7.55. The standard InChI is InChI=1S/C8H14N2O6/c1-3(12)10-8-6(16-9)5(13)4(2-11)14-7(8)15-8/h4-7,11,13H,2,9H2,1H3,(H,10,12)/t4-,5-,6+,7?,8+/m1/s1. The van der Waals surface area contributed by atoms with Crippen LogP contribution in [0.1, 0.15) is 6.92 Å². The number of amides is 1. The van der Waals surface area contributed by atoms with E-state index < -0.39 is 36.9 Å². The molecule has 2 fully saturated rings. The Morgan fingerprint density at radius 3 is 2.88 bits per heavy atom. The maximum Gasteiger partial charge on any atom is 0.226 e. The Morgan fingerprint density at radius 2 is 2.38 bits per heavy atom. The zero-order valence-electron chi connectivity index (χ0n) is 8.62. The van der Waals surface area contributed by atoms with Crippen LogP contribution in [0.2, 0.25) is 0 Å². The zero-order valence-corrected chi connectivity index (χ0v) is 8.62. The lowest BCUT2D eigenvalue weighted by molar-refractivity contribution is -0.182. The van der Waals surface area contributed by atoms with Gasteiger partial charge in [0.25, 0.3) is 0 Å². The van der Waals surface area contributed by atoms with Crippen molar-refractivity contribution in [2.24, 2.45) is 5.90 Å². The molecule has 5 N–H and O–H groups in total. The second-order valence-electron chi connectivity index (χ2n) is 3.83. The van der Waals surface area contributed by atoms with Crippen molar-refractivity contribution in [1.82, 2.24) is 5.32 Å². The molecule has 1 amide bonds. The number of nitrogens with two attached hydrogens (primary N) is 1. The molecule has 2 rings (SSSR count). The summed E-state index contributed by atoms with van der Waals surface area (Å²) in [5, 5.41) is 21.2. The molecule has 2 aliphatic rings. The molecule has 2 heterocycles. The van der Waals surface area contributed by atoms with Crippen molar-refractivity contribution in [1.29, 1.82) is 0 Å². The highest BCUT2D eigenvalue weighted by Gasteiger charge is 2.71. The average molecular weight is 234 g/mol. The normalized spacial score (nSPS) is 46.0. The number of hydrogen-bond donors (Lipinski definition) is 4. The molecule has 0 saturated carbocycles. The van der Waals surface area contributed by atoms with Gasteiger partial charge in [0.2, 0.25) is 17.9 Å². The minimum absolute atomic E-state index is 0.359. The highest BCUT2D eigenvalue weighted by molar-refractivity contribution is 5.74. The molecule has 92 valence electrons. The first-order valence-electron chi connectivity index (χ1n) is 4.81. The van der Waals surface area contributed by atoms with Gasteiger partial charge in [-0.2, -0.15) is 0 Å². The molecule has 0 spiro atoms. The molecule has 0 aromatic carbocycles. The molecule has 16 heavy (non-hydrogen) atoms. The molecule has 0 aromatic rings. The third-order valence-electron chi connectivity index (χ3n) is 2.71.